The maximum atomic E-state index is 15.0. The molecule has 2 atom stereocenters. The van der Waals surface area contributed by atoms with E-state index in [1.165, 1.54) is 11.0 Å². The van der Waals surface area contributed by atoms with Gasteiger partial charge in [-0.2, -0.15) is 18.4 Å². The Morgan fingerprint density at radius 2 is 1.73 bits per heavy atom. The zero-order chi connectivity index (χ0) is 46.0. The number of nitriles is 1. The van der Waals surface area contributed by atoms with Crippen molar-refractivity contribution >= 4 is 46.0 Å². The van der Waals surface area contributed by atoms with Crippen molar-refractivity contribution in [2.45, 2.75) is 68.6 Å². The summed E-state index contributed by atoms with van der Waals surface area (Å²) >= 11 is 0. The van der Waals surface area contributed by atoms with Crippen LogP contribution in [-0.2, 0) is 19.2 Å². The normalized spacial score (nSPS) is 20.0. The molecular weight excluding hydrogens is 854 g/mol. The fourth-order valence-corrected chi connectivity index (χ4v) is 9.61. The molecule has 0 aliphatic carbocycles. The van der Waals surface area contributed by atoms with Gasteiger partial charge in [0.05, 0.1) is 29.2 Å². The Morgan fingerprint density at radius 3 is 2.47 bits per heavy atom. The smallest absolute Gasteiger partial charge is 0.428 e. The van der Waals surface area contributed by atoms with Gasteiger partial charge < -0.3 is 34.9 Å². The van der Waals surface area contributed by atoms with E-state index in [1.54, 1.807) is 66.9 Å². The maximum Gasteiger partial charge on any atom is 0.428 e. The van der Waals surface area contributed by atoms with Crippen LogP contribution in [0.25, 0.3) is 22.2 Å². The van der Waals surface area contributed by atoms with Crippen LogP contribution in [0.1, 0.15) is 73.5 Å². The molecule has 6 heterocycles. The second-order valence-corrected chi connectivity index (χ2v) is 17.5. The number of para-hydroxylation sites is 1. The highest BCUT2D eigenvalue weighted by Crippen LogP contribution is 2.46. The van der Waals surface area contributed by atoms with Crippen molar-refractivity contribution in [2.24, 2.45) is 5.92 Å². The maximum absolute atomic E-state index is 15.0. The molecule has 4 aliphatic heterocycles. The third-order valence-electron chi connectivity index (χ3n) is 13.4. The van der Waals surface area contributed by atoms with E-state index in [0.29, 0.717) is 76.6 Å². The van der Waals surface area contributed by atoms with Crippen LogP contribution in [0.3, 0.4) is 0 Å². The predicted octanol–water partition coefficient (Wildman–Crippen LogP) is 6.94. The number of imide groups is 1. The molecule has 0 saturated carbocycles. The number of piperidine rings is 3. The quantitative estimate of drug-likeness (QED) is 0.0757. The summed E-state index contributed by atoms with van der Waals surface area (Å²) in [6.07, 6.45) is -1.39. The first-order valence-electron chi connectivity index (χ1n) is 22.4. The molecule has 1 unspecified atom stereocenters. The highest BCUT2D eigenvalue weighted by atomic mass is 19.4. The van der Waals surface area contributed by atoms with Gasteiger partial charge in [-0.15, -0.1) is 0 Å². The van der Waals surface area contributed by atoms with Crippen LogP contribution >= 0.6 is 0 Å². The fourth-order valence-electron chi connectivity index (χ4n) is 9.61. The minimum absolute atomic E-state index is 0.0239. The standard InChI is InChI=1S/C49H49F3N8O6/c50-49(51,52)48(66-42-7-2-1-5-36(42)41-25-37-31(27-53)4-3-6-39(37)56-41)16-21-60(22-17-48)47(64)38-26-45(62)57-40-24-33(9-10-35(38)40)65-23-18-54-28-30-14-19-59(20-15-30)43-12-8-32(29-55-43)34-11-13-44(61)58-46(34)63/h1-10,12,24-25,29-30,34,38,54,56H,11,13-23,26,28H2,(H,57,62)(H,58,61,63)/t34?,38-/m0/s1. The average Bonchev–Trinajstić information content (AvgIpc) is 3.76. The first-order chi connectivity index (χ1) is 31.9. The molecule has 3 saturated heterocycles. The molecule has 4 amide bonds. The van der Waals surface area contributed by atoms with E-state index >= 15 is 13.2 Å². The lowest BCUT2D eigenvalue weighted by Crippen LogP contribution is -2.58. The third-order valence-corrected chi connectivity index (χ3v) is 13.4. The Kier molecular flexibility index (Phi) is 12.4. The summed E-state index contributed by atoms with van der Waals surface area (Å²) in [5.41, 5.74) is 1.26. The summed E-state index contributed by atoms with van der Waals surface area (Å²) in [5, 5.41) is 18.9. The van der Waals surface area contributed by atoms with E-state index in [1.807, 2.05) is 12.1 Å². The van der Waals surface area contributed by atoms with Crippen molar-refractivity contribution in [3.63, 3.8) is 0 Å². The monoisotopic (exact) mass is 902 g/mol. The van der Waals surface area contributed by atoms with Gasteiger partial charge in [0, 0.05) is 92.8 Å². The number of carbonyl (C=O) groups excluding carboxylic acids is 4. The van der Waals surface area contributed by atoms with Crippen LogP contribution in [0.15, 0.2) is 85.1 Å². The molecule has 3 aromatic carbocycles. The summed E-state index contributed by atoms with van der Waals surface area (Å²) in [7, 11) is 0. The van der Waals surface area contributed by atoms with Crippen molar-refractivity contribution < 1.29 is 41.8 Å². The summed E-state index contributed by atoms with van der Waals surface area (Å²) < 4.78 is 57.1. The number of ether oxygens (including phenoxy) is 2. The number of alkyl halides is 3. The van der Waals surface area contributed by atoms with Gasteiger partial charge in [-0.25, -0.2) is 4.98 Å². The number of amides is 4. The minimum Gasteiger partial charge on any atom is -0.492 e. The number of H-pyrrole nitrogens is 1. The van der Waals surface area contributed by atoms with Gasteiger partial charge in [0.25, 0.3) is 0 Å². The SMILES string of the molecule is N#Cc1cccc2[nH]c(-c3ccccc3OC3(C(F)(F)F)CCN(C(=O)[C@H]4CC(=O)Nc5cc(OCCNCC6CCN(c7ccc(C8CCC(=O)NC8=O)cn7)CC6)ccc54)CC3)cc12. The number of benzene rings is 3. The second kappa shape index (κ2) is 18.5. The van der Waals surface area contributed by atoms with E-state index in [4.69, 9.17) is 9.47 Å². The molecule has 9 rings (SSSR count). The molecule has 4 aliphatic rings. The average molecular weight is 903 g/mol. The number of nitrogens with zero attached hydrogens (tertiary/aromatic N) is 4. The molecule has 0 radical (unpaired) electrons. The Hall–Kier alpha value is -6.93. The van der Waals surface area contributed by atoms with Crippen LogP contribution in [-0.4, -0.2) is 96.1 Å². The van der Waals surface area contributed by atoms with Crippen LogP contribution in [0.2, 0.25) is 0 Å². The molecule has 4 N–H and O–H groups in total. The Morgan fingerprint density at radius 1 is 0.924 bits per heavy atom. The lowest BCUT2D eigenvalue weighted by Gasteiger charge is -2.43. The molecule has 0 bridgehead atoms. The molecule has 66 heavy (non-hydrogen) atoms. The second-order valence-electron chi connectivity index (χ2n) is 17.5. The van der Waals surface area contributed by atoms with Crippen LogP contribution in [0.5, 0.6) is 11.5 Å². The van der Waals surface area contributed by atoms with E-state index < -0.39 is 36.4 Å². The van der Waals surface area contributed by atoms with Gasteiger partial charge in [-0.05, 0) is 85.3 Å². The number of aromatic nitrogens is 2. The number of halogens is 3. The van der Waals surface area contributed by atoms with Gasteiger partial charge in [0.15, 0.2) is 0 Å². The summed E-state index contributed by atoms with van der Waals surface area (Å²) in [4.78, 5) is 62.2. The number of hydrogen-bond acceptors (Lipinski definition) is 10. The number of hydrogen-bond donors (Lipinski definition) is 4. The topological polar surface area (TPSA) is 182 Å². The molecule has 5 aromatic rings. The Bertz CT molecular complexity index is 2680. The number of aromatic amines is 1. The van der Waals surface area contributed by atoms with Crippen molar-refractivity contribution in [2.75, 3.05) is 56.1 Å². The predicted molar refractivity (Wildman–Crippen MR) is 239 cm³/mol. The molecule has 3 fully saturated rings. The summed E-state index contributed by atoms with van der Waals surface area (Å²) in [5.74, 6) is -0.651. The van der Waals surface area contributed by atoms with Gasteiger partial charge in [-0.3, -0.25) is 24.5 Å². The largest absolute Gasteiger partial charge is 0.492 e. The van der Waals surface area contributed by atoms with E-state index in [-0.39, 0.29) is 48.9 Å². The number of rotatable bonds is 12. The number of fused-ring (bicyclic) bond motifs is 2. The summed E-state index contributed by atoms with van der Waals surface area (Å²) in [6, 6.07) is 24.5. The molecule has 2 aromatic heterocycles. The molecule has 14 nitrogen and oxygen atoms in total. The highest BCUT2D eigenvalue weighted by molar-refractivity contribution is 6.02. The van der Waals surface area contributed by atoms with Crippen molar-refractivity contribution in [1.29, 1.82) is 5.26 Å². The van der Waals surface area contributed by atoms with Crippen LogP contribution < -0.4 is 30.3 Å². The van der Waals surface area contributed by atoms with Crippen molar-refractivity contribution in [3.05, 3.63) is 102 Å². The molecule has 342 valence electrons. The number of nitrogens with one attached hydrogen (secondary N) is 4. The Balaban J connectivity index is 0.758. The van der Waals surface area contributed by atoms with Gasteiger partial charge >= 0.3 is 6.18 Å². The molecular formula is C49H49F3N8O6. The molecule has 0 spiro atoms. The lowest BCUT2D eigenvalue weighted by molar-refractivity contribution is -0.260. The zero-order valence-electron chi connectivity index (χ0n) is 36.1. The van der Waals surface area contributed by atoms with Crippen molar-refractivity contribution in [3.8, 4) is 28.8 Å². The van der Waals surface area contributed by atoms with E-state index in [0.717, 1.165) is 43.9 Å². The number of anilines is 2. The van der Waals surface area contributed by atoms with Gasteiger partial charge in [0.2, 0.25) is 29.2 Å². The van der Waals surface area contributed by atoms with E-state index in [9.17, 15) is 24.4 Å². The Labute approximate surface area is 378 Å². The number of pyridine rings is 1. The fraction of sp³-hybridized carbons (Fsp3) is 0.388. The third kappa shape index (κ3) is 9.14. The summed E-state index contributed by atoms with van der Waals surface area (Å²) in [6.45, 7) is 3.03. The lowest BCUT2D eigenvalue weighted by atomic mass is 9.86. The van der Waals surface area contributed by atoms with Crippen LogP contribution in [0.4, 0.5) is 24.7 Å². The van der Waals surface area contributed by atoms with Gasteiger partial charge in [-0.1, -0.05) is 30.3 Å². The van der Waals surface area contributed by atoms with Crippen LogP contribution in [0, 0.1) is 17.2 Å². The first kappa shape index (κ1) is 44.3. The van der Waals surface area contributed by atoms with E-state index in [2.05, 4.69) is 36.9 Å². The highest BCUT2D eigenvalue weighted by Gasteiger charge is 2.59. The number of likely N-dealkylation sites (tertiary alicyclic amines) is 1. The first-order valence-corrected chi connectivity index (χ1v) is 22.4. The minimum atomic E-state index is -4.76. The molecule has 17 heteroatoms. The number of carbonyl (C=O) groups is 4. The van der Waals surface area contributed by atoms with Gasteiger partial charge in [0.1, 0.15) is 23.9 Å². The zero-order valence-corrected chi connectivity index (χ0v) is 36.1. The van der Waals surface area contributed by atoms with Crippen molar-refractivity contribution in [1.82, 2.24) is 25.5 Å².